The minimum atomic E-state index is -0.222. The second-order valence-electron chi connectivity index (χ2n) is 4.48. The van der Waals surface area contributed by atoms with Crippen LogP contribution in [0.1, 0.15) is 28.8 Å². The molecule has 0 saturated heterocycles. The van der Waals surface area contributed by atoms with Crippen molar-refractivity contribution >= 4 is 34.8 Å². The lowest BCUT2D eigenvalue weighted by Crippen LogP contribution is -2.07. The second kappa shape index (κ2) is 7.12. The average molecular weight is 327 g/mol. The second-order valence-corrected chi connectivity index (χ2v) is 5.80. The Bertz CT molecular complexity index is 584. The van der Waals surface area contributed by atoms with Crippen LogP contribution in [-0.4, -0.2) is 4.98 Å². The predicted octanol–water partition coefficient (Wildman–Crippen LogP) is 6.03. The van der Waals surface area contributed by atoms with Crippen molar-refractivity contribution in [2.24, 2.45) is 0 Å². The molecule has 0 bridgehead atoms. The van der Waals surface area contributed by atoms with E-state index in [4.69, 9.17) is 34.8 Å². The quantitative estimate of drug-likeness (QED) is 0.483. The number of aromatic nitrogens is 1. The smallest absolute Gasteiger partial charge is 0.0672 e. The van der Waals surface area contributed by atoms with Crippen molar-refractivity contribution in [2.45, 2.75) is 17.7 Å². The maximum Gasteiger partial charge on any atom is 0.0672 e. The van der Waals surface area contributed by atoms with Gasteiger partial charge in [-0.2, -0.15) is 0 Å². The van der Waals surface area contributed by atoms with E-state index >= 15 is 0 Å². The van der Waals surface area contributed by atoms with Crippen molar-refractivity contribution in [3.05, 3.63) is 76.6 Å². The Kier molecular flexibility index (Phi) is 5.47. The molecule has 0 radical (unpaired) electrons. The highest BCUT2D eigenvalue weighted by Crippen LogP contribution is 2.41. The molecular formula is C16H14Cl3N. The fraction of sp³-hybridized carbons (Fsp3) is 0.188. The lowest BCUT2D eigenvalue weighted by atomic mass is 9.89. The minimum absolute atomic E-state index is 0.0307. The van der Waals surface area contributed by atoms with Gasteiger partial charge < -0.3 is 0 Å². The van der Waals surface area contributed by atoms with Crippen molar-refractivity contribution in [3.63, 3.8) is 0 Å². The van der Waals surface area contributed by atoms with Gasteiger partial charge in [0.25, 0.3) is 0 Å². The topological polar surface area (TPSA) is 12.9 Å². The van der Waals surface area contributed by atoms with E-state index in [0.29, 0.717) is 10.0 Å². The molecule has 0 spiro atoms. The number of nitrogens with zero attached hydrogens (tertiary/aromatic N) is 1. The molecule has 2 aromatic rings. The van der Waals surface area contributed by atoms with E-state index < -0.39 is 0 Å². The summed E-state index contributed by atoms with van der Waals surface area (Å²) in [6.45, 7) is 3.81. The normalized spacial score (nSPS) is 13.8. The zero-order chi connectivity index (χ0) is 14.5. The average Bonchev–Trinajstić information content (AvgIpc) is 2.46. The van der Waals surface area contributed by atoms with Crippen molar-refractivity contribution < 1.29 is 0 Å². The van der Waals surface area contributed by atoms with Crippen LogP contribution in [0.3, 0.4) is 0 Å². The number of halogens is 3. The van der Waals surface area contributed by atoms with Crippen LogP contribution in [-0.2, 0) is 0 Å². The first-order valence-electron chi connectivity index (χ1n) is 6.23. The number of hydrogen-bond donors (Lipinski definition) is 0. The Balaban J connectivity index is 2.38. The van der Waals surface area contributed by atoms with Crippen LogP contribution in [0.5, 0.6) is 0 Å². The van der Waals surface area contributed by atoms with Gasteiger partial charge in [-0.1, -0.05) is 41.4 Å². The van der Waals surface area contributed by atoms with E-state index in [1.54, 1.807) is 18.5 Å². The summed E-state index contributed by atoms with van der Waals surface area (Å²) in [5, 5.41) is 1.02. The van der Waals surface area contributed by atoms with Crippen LogP contribution in [0.15, 0.2) is 55.4 Å². The third kappa shape index (κ3) is 3.54. The molecule has 1 aromatic heterocycles. The van der Waals surface area contributed by atoms with E-state index in [0.717, 1.165) is 17.5 Å². The van der Waals surface area contributed by atoms with E-state index in [1.807, 2.05) is 30.3 Å². The van der Waals surface area contributed by atoms with E-state index in [-0.39, 0.29) is 11.3 Å². The highest BCUT2D eigenvalue weighted by atomic mass is 35.5. The number of benzene rings is 1. The first kappa shape index (κ1) is 15.4. The summed E-state index contributed by atoms with van der Waals surface area (Å²) in [5.74, 6) is 0.0307. The van der Waals surface area contributed by atoms with Crippen LogP contribution in [0.25, 0.3) is 0 Å². The van der Waals surface area contributed by atoms with Gasteiger partial charge in [-0.05, 0) is 35.7 Å². The van der Waals surface area contributed by atoms with Gasteiger partial charge >= 0.3 is 0 Å². The van der Waals surface area contributed by atoms with Gasteiger partial charge in [0, 0.05) is 28.4 Å². The van der Waals surface area contributed by atoms with E-state index in [1.165, 1.54) is 0 Å². The molecule has 1 nitrogen and oxygen atoms in total. The molecule has 2 unspecified atom stereocenters. The number of hydrogen-bond acceptors (Lipinski definition) is 1. The number of pyridine rings is 1. The van der Waals surface area contributed by atoms with Crippen molar-refractivity contribution in [1.29, 1.82) is 0 Å². The maximum atomic E-state index is 6.62. The molecule has 1 heterocycles. The zero-order valence-electron chi connectivity index (χ0n) is 10.8. The molecule has 0 aliphatic heterocycles. The molecule has 2 atom stereocenters. The predicted molar refractivity (Wildman–Crippen MR) is 86.8 cm³/mol. The summed E-state index contributed by atoms with van der Waals surface area (Å²) < 4.78 is 0. The summed E-state index contributed by atoms with van der Waals surface area (Å²) in [6, 6.07) is 9.32. The van der Waals surface area contributed by atoms with Crippen LogP contribution in [0, 0.1) is 0 Å². The number of alkyl halides is 1. The van der Waals surface area contributed by atoms with Crippen molar-refractivity contribution in [1.82, 2.24) is 4.98 Å². The van der Waals surface area contributed by atoms with Gasteiger partial charge in [0.15, 0.2) is 0 Å². The molecule has 4 heteroatoms. The van der Waals surface area contributed by atoms with Gasteiger partial charge in [0.05, 0.1) is 5.38 Å². The Morgan fingerprint density at radius 3 is 2.65 bits per heavy atom. The van der Waals surface area contributed by atoms with Gasteiger partial charge in [-0.3, -0.25) is 4.98 Å². The van der Waals surface area contributed by atoms with Crippen molar-refractivity contribution in [2.75, 3.05) is 0 Å². The Morgan fingerprint density at radius 1 is 1.25 bits per heavy atom. The van der Waals surface area contributed by atoms with Gasteiger partial charge in [0.2, 0.25) is 0 Å². The minimum Gasteiger partial charge on any atom is -0.264 e. The summed E-state index contributed by atoms with van der Waals surface area (Å²) in [5.41, 5.74) is 1.94. The van der Waals surface area contributed by atoms with Gasteiger partial charge in [-0.15, -0.1) is 18.2 Å². The van der Waals surface area contributed by atoms with Gasteiger partial charge in [0.1, 0.15) is 0 Å². The summed E-state index contributed by atoms with van der Waals surface area (Å²) >= 11 is 18.9. The third-order valence-electron chi connectivity index (χ3n) is 3.14. The van der Waals surface area contributed by atoms with Crippen LogP contribution >= 0.6 is 34.8 Å². The first-order valence-corrected chi connectivity index (χ1v) is 7.42. The molecule has 0 N–H and O–H groups in total. The molecule has 0 amide bonds. The van der Waals surface area contributed by atoms with E-state index in [9.17, 15) is 0 Å². The molecule has 104 valence electrons. The highest BCUT2D eigenvalue weighted by molar-refractivity contribution is 6.35. The SMILES string of the molecule is C=CCC(c1ccc(Cl)cc1Cl)C(Cl)c1cccnc1. The standard InChI is InChI=1S/C16H14Cl3N/c1-2-4-14(13-7-6-12(17)9-15(13)18)16(19)11-5-3-8-20-10-11/h2-3,5-10,14,16H,1,4H2. The lowest BCUT2D eigenvalue weighted by molar-refractivity contribution is 0.672. The third-order valence-corrected chi connectivity index (χ3v) is 4.26. The molecule has 1 aromatic carbocycles. The fourth-order valence-electron chi connectivity index (χ4n) is 2.16. The highest BCUT2D eigenvalue weighted by Gasteiger charge is 2.24. The first-order chi connectivity index (χ1) is 9.63. The molecule has 2 rings (SSSR count). The van der Waals surface area contributed by atoms with E-state index in [2.05, 4.69) is 11.6 Å². The fourth-order valence-corrected chi connectivity index (χ4v) is 3.07. The van der Waals surface area contributed by atoms with Crippen LogP contribution in [0.2, 0.25) is 10.0 Å². The summed E-state index contributed by atoms with van der Waals surface area (Å²) in [6.07, 6.45) is 6.08. The van der Waals surface area contributed by atoms with Crippen molar-refractivity contribution in [3.8, 4) is 0 Å². The van der Waals surface area contributed by atoms with Crippen LogP contribution in [0.4, 0.5) is 0 Å². The Labute approximate surface area is 134 Å². The van der Waals surface area contributed by atoms with Gasteiger partial charge in [-0.25, -0.2) is 0 Å². The molecule has 0 saturated carbocycles. The summed E-state index contributed by atoms with van der Waals surface area (Å²) in [4.78, 5) is 4.11. The molecule has 0 aliphatic carbocycles. The molecule has 20 heavy (non-hydrogen) atoms. The largest absolute Gasteiger partial charge is 0.264 e. The molecule has 0 aliphatic rings. The Morgan fingerprint density at radius 2 is 2.05 bits per heavy atom. The summed E-state index contributed by atoms with van der Waals surface area (Å²) in [7, 11) is 0. The Hall–Kier alpha value is -1.02. The number of rotatable bonds is 5. The van der Waals surface area contributed by atoms with Crippen LogP contribution < -0.4 is 0 Å². The molecule has 0 fully saturated rings. The number of allylic oxidation sites excluding steroid dienone is 1. The zero-order valence-corrected chi connectivity index (χ0v) is 13.0. The maximum absolute atomic E-state index is 6.62. The lowest BCUT2D eigenvalue weighted by Gasteiger charge is -2.23. The monoisotopic (exact) mass is 325 g/mol. The molecular weight excluding hydrogens is 313 g/mol.